The highest BCUT2D eigenvalue weighted by molar-refractivity contribution is 7.00. The standard InChI is InChI=1S/C9H10ClN3S/c1-5(2)11-8-6(10)3-4-7-9(8)13-14-12-7/h3-5,11H,1-2H3. The van der Waals surface area contributed by atoms with Gasteiger partial charge < -0.3 is 5.32 Å². The van der Waals surface area contributed by atoms with Crippen LogP contribution in [0, 0.1) is 0 Å². The first kappa shape index (κ1) is 9.68. The Kier molecular flexibility index (Phi) is 2.56. The van der Waals surface area contributed by atoms with Crippen molar-refractivity contribution in [1.82, 2.24) is 8.75 Å². The van der Waals surface area contributed by atoms with E-state index in [-0.39, 0.29) is 0 Å². The van der Waals surface area contributed by atoms with E-state index >= 15 is 0 Å². The van der Waals surface area contributed by atoms with Gasteiger partial charge in [0.15, 0.2) is 0 Å². The first-order valence-corrected chi connectivity index (χ1v) is 5.46. The molecule has 0 aliphatic carbocycles. The predicted octanol–water partition coefficient (Wildman–Crippen LogP) is 3.17. The van der Waals surface area contributed by atoms with Crippen LogP contribution in [0.5, 0.6) is 0 Å². The fraction of sp³-hybridized carbons (Fsp3) is 0.333. The average molecular weight is 228 g/mol. The fourth-order valence-electron chi connectivity index (χ4n) is 1.25. The van der Waals surface area contributed by atoms with Crippen LogP contribution in [0.15, 0.2) is 12.1 Å². The summed E-state index contributed by atoms with van der Waals surface area (Å²) in [5.74, 6) is 0. The monoisotopic (exact) mass is 227 g/mol. The number of fused-ring (bicyclic) bond motifs is 1. The van der Waals surface area contributed by atoms with E-state index in [0.717, 1.165) is 16.7 Å². The van der Waals surface area contributed by atoms with Gasteiger partial charge in [-0.05, 0) is 26.0 Å². The van der Waals surface area contributed by atoms with Crippen molar-refractivity contribution in [1.29, 1.82) is 0 Å². The Hall–Kier alpha value is -0.870. The van der Waals surface area contributed by atoms with Crippen molar-refractivity contribution in [2.45, 2.75) is 19.9 Å². The zero-order valence-corrected chi connectivity index (χ0v) is 9.49. The minimum Gasteiger partial charge on any atom is -0.380 e. The third-order valence-electron chi connectivity index (χ3n) is 1.81. The quantitative estimate of drug-likeness (QED) is 0.857. The van der Waals surface area contributed by atoms with Gasteiger partial charge in [-0.15, -0.1) is 0 Å². The lowest BCUT2D eigenvalue weighted by Gasteiger charge is -2.11. The second kappa shape index (κ2) is 3.71. The summed E-state index contributed by atoms with van der Waals surface area (Å²) >= 11 is 7.28. The molecule has 2 rings (SSSR count). The van der Waals surface area contributed by atoms with E-state index in [1.807, 2.05) is 12.1 Å². The molecule has 1 aromatic carbocycles. The van der Waals surface area contributed by atoms with Crippen molar-refractivity contribution in [3.63, 3.8) is 0 Å². The number of anilines is 1. The summed E-state index contributed by atoms with van der Waals surface area (Å²) in [5, 5.41) is 3.97. The summed E-state index contributed by atoms with van der Waals surface area (Å²) in [7, 11) is 0. The summed E-state index contributed by atoms with van der Waals surface area (Å²) in [4.78, 5) is 0. The fourth-order valence-corrected chi connectivity index (χ4v) is 2.00. The first-order chi connectivity index (χ1) is 6.68. The number of nitrogens with zero attached hydrogens (tertiary/aromatic N) is 2. The Morgan fingerprint density at radius 1 is 1.36 bits per heavy atom. The van der Waals surface area contributed by atoms with Gasteiger partial charge in [0, 0.05) is 6.04 Å². The molecule has 14 heavy (non-hydrogen) atoms. The van der Waals surface area contributed by atoms with Crippen LogP contribution in [-0.4, -0.2) is 14.8 Å². The van der Waals surface area contributed by atoms with Gasteiger partial charge in [-0.1, -0.05) is 11.6 Å². The van der Waals surface area contributed by atoms with Crippen LogP contribution in [0.1, 0.15) is 13.8 Å². The molecule has 3 nitrogen and oxygen atoms in total. The maximum atomic E-state index is 6.08. The number of aromatic nitrogens is 2. The molecular formula is C9H10ClN3S. The lowest BCUT2D eigenvalue weighted by molar-refractivity contribution is 0.901. The maximum absolute atomic E-state index is 6.08. The molecule has 1 aromatic heterocycles. The summed E-state index contributed by atoms with van der Waals surface area (Å²) in [6, 6.07) is 4.06. The second-order valence-corrected chi connectivity index (χ2v) is 4.29. The molecule has 0 saturated heterocycles. The van der Waals surface area contributed by atoms with E-state index in [1.54, 1.807) is 0 Å². The summed E-state index contributed by atoms with van der Waals surface area (Å²) in [5.41, 5.74) is 2.63. The Labute approximate surface area is 91.4 Å². The number of hydrogen-bond acceptors (Lipinski definition) is 4. The molecule has 5 heteroatoms. The van der Waals surface area contributed by atoms with Gasteiger partial charge in [-0.25, -0.2) is 0 Å². The largest absolute Gasteiger partial charge is 0.380 e. The van der Waals surface area contributed by atoms with Gasteiger partial charge in [0.2, 0.25) is 0 Å². The van der Waals surface area contributed by atoms with Crippen molar-refractivity contribution in [3.05, 3.63) is 17.2 Å². The van der Waals surface area contributed by atoms with Crippen LogP contribution < -0.4 is 5.32 Å². The van der Waals surface area contributed by atoms with E-state index in [0.29, 0.717) is 11.1 Å². The van der Waals surface area contributed by atoms with Gasteiger partial charge in [0.05, 0.1) is 22.4 Å². The van der Waals surface area contributed by atoms with Crippen LogP contribution in [0.2, 0.25) is 5.02 Å². The van der Waals surface area contributed by atoms with Crippen molar-refractivity contribution in [2.24, 2.45) is 0 Å². The average Bonchev–Trinajstić information content (AvgIpc) is 2.57. The third-order valence-corrected chi connectivity index (χ3v) is 2.67. The van der Waals surface area contributed by atoms with Gasteiger partial charge in [0.25, 0.3) is 0 Å². The molecule has 0 spiro atoms. The highest BCUT2D eigenvalue weighted by atomic mass is 35.5. The van der Waals surface area contributed by atoms with Crippen molar-refractivity contribution < 1.29 is 0 Å². The third kappa shape index (κ3) is 1.67. The summed E-state index contributed by atoms with van der Waals surface area (Å²) < 4.78 is 8.38. The van der Waals surface area contributed by atoms with Crippen LogP contribution in [0.4, 0.5) is 5.69 Å². The molecule has 0 atom stereocenters. The first-order valence-electron chi connectivity index (χ1n) is 4.36. The number of nitrogens with one attached hydrogen (secondary N) is 1. The lowest BCUT2D eigenvalue weighted by Crippen LogP contribution is -2.10. The van der Waals surface area contributed by atoms with Crippen molar-refractivity contribution in [2.75, 3.05) is 5.32 Å². The number of rotatable bonds is 2. The Morgan fingerprint density at radius 2 is 2.14 bits per heavy atom. The second-order valence-electron chi connectivity index (χ2n) is 3.35. The molecule has 0 fully saturated rings. The Balaban J connectivity index is 2.58. The molecule has 2 aromatic rings. The molecule has 1 heterocycles. The summed E-state index contributed by atoms with van der Waals surface area (Å²) in [6.07, 6.45) is 0. The van der Waals surface area contributed by atoms with Gasteiger partial charge in [-0.3, -0.25) is 0 Å². The molecule has 74 valence electrons. The van der Waals surface area contributed by atoms with E-state index in [1.165, 1.54) is 11.7 Å². The molecule has 0 radical (unpaired) electrons. The van der Waals surface area contributed by atoms with Crippen molar-refractivity contribution in [3.8, 4) is 0 Å². The van der Waals surface area contributed by atoms with Gasteiger partial charge in [-0.2, -0.15) is 8.75 Å². The molecule has 0 amide bonds. The van der Waals surface area contributed by atoms with Crippen LogP contribution in [0.25, 0.3) is 11.0 Å². The minimum absolute atomic E-state index is 0.333. The van der Waals surface area contributed by atoms with E-state index in [2.05, 4.69) is 27.9 Å². The van der Waals surface area contributed by atoms with Crippen LogP contribution in [-0.2, 0) is 0 Å². The maximum Gasteiger partial charge on any atom is 0.129 e. The zero-order chi connectivity index (χ0) is 10.1. The molecular weight excluding hydrogens is 218 g/mol. The SMILES string of the molecule is CC(C)Nc1c(Cl)ccc2nsnc12. The normalized spacial score (nSPS) is 11.1. The Bertz CT molecular complexity index is 452. The molecule has 0 unspecified atom stereocenters. The molecule has 0 aliphatic rings. The molecule has 0 bridgehead atoms. The van der Waals surface area contributed by atoms with E-state index < -0.39 is 0 Å². The van der Waals surface area contributed by atoms with Gasteiger partial charge >= 0.3 is 0 Å². The zero-order valence-electron chi connectivity index (χ0n) is 7.91. The number of halogens is 1. The highest BCUT2D eigenvalue weighted by Crippen LogP contribution is 2.30. The molecule has 1 N–H and O–H groups in total. The van der Waals surface area contributed by atoms with Crippen LogP contribution in [0.3, 0.4) is 0 Å². The number of hydrogen-bond donors (Lipinski definition) is 1. The van der Waals surface area contributed by atoms with Crippen molar-refractivity contribution >= 4 is 40.0 Å². The van der Waals surface area contributed by atoms with Gasteiger partial charge in [0.1, 0.15) is 11.0 Å². The minimum atomic E-state index is 0.333. The van der Waals surface area contributed by atoms with E-state index in [9.17, 15) is 0 Å². The number of benzene rings is 1. The van der Waals surface area contributed by atoms with E-state index in [4.69, 9.17) is 11.6 Å². The Morgan fingerprint density at radius 3 is 2.86 bits per heavy atom. The topological polar surface area (TPSA) is 37.8 Å². The molecule has 0 saturated carbocycles. The lowest BCUT2D eigenvalue weighted by atomic mass is 10.2. The predicted molar refractivity (Wildman–Crippen MR) is 61.2 cm³/mol. The summed E-state index contributed by atoms with van der Waals surface area (Å²) in [6.45, 7) is 4.13. The smallest absolute Gasteiger partial charge is 0.129 e. The molecule has 0 aliphatic heterocycles. The van der Waals surface area contributed by atoms with Crippen LogP contribution >= 0.6 is 23.3 Å². The highest BCUT2D eigenvalue weighted by Gasteiger charge is 2.09.